The highest BCUT2D eigenvalue weighted by molar-refractivity contribution is 8.18. The molecule has 0 unspecified atom stereocenters. The highest BCUT2D eigenvalue weighted by Crippen LogP contribution is 2.39. The van der Waals surface area contributed by atoms with E-state index < -0.39 is 0 Å². The Balaban J connectivity index is 1.77. The lowest BCUT2D eigenvalue weighted by Gasteiger charge is -2.14. The zero-order valence-corrected chi connectivity index (χ0v) is 18.6. The van der Waals surface area contributed by atoms with Crippen LogP contribution in [-0.2, 0) is 16.1 Å². The Morgan fingerprint density at radius 1 is 1.16 bits per heavy atom. The van der Waals surface area contributed by atoms with Crippen LogP contribution in [0.5, 0.6) is 11.5 Å². The summed E-state index contributed by atoms with van der Waals surface area (Å²) in [6, 6.07) is 9.24. The van der Waals surface area contributed by atoms with E-state index in [9.17, 15) is 14.0 Å². The minimum atomic E-state index is -0.349. The van der Waals surface area contributed by atoms with E-state index >= 15 is 0 Å². The van der Waals surface area contributed by atoms with Crippen molar-refractivity contribution in [3.63, 3.8) is 0 Å². The number of methoxy groups -OCH3 is 2. The Morgan fingerprint density at radius 2 is 1.90 bits per heavy atom. The summed E-state index contributed by atoms with van der Waals surface area (Å²) in [5.41, 5.74) is 1.36. The SMILES string of the molecule is COCCCN1C(=O)S/C(=C/c2cc(Cl)c(OCc3ccc(F)cc3)c(OC)c2)C1=O. The summed E-state index contributed by atoms with van der Waals surface area (Å²) in [5, 5.41) is -0.0308. The molecule has 0 aromatic heterocycles. The molecular weight excluding hydrogens is 445 g/mol. The highest BCUT2D eigenvalue weighted by Gasteiger charge is 2.34. The second-order valence-electron chi connectivity index (χ2n) is 6.63. The number of benzene rings is 2. The van der Waals surface area contributed by atoms with Crippen LogP contribution < -0.4 is 9.47 Å². The van der Waals surface area contributed by atoms with Gasteiger partial charge in [-0.2, -0.15) is 0 Å². The van der Waals surface area contributed by atoms with E-state index in [0.717, 1.165) is 17.3 Å². The lowest BCUT2D eigenvalue weighted by Crippen LogP contribution is -2.29. The third-order valence-electron chi connectivity index (χ3n) is 4.45. The van der Waals surface area contributed by atoms with Crippen LogP contribution in [0.4, 0.5) is 9.18 Å². The zero-order chi connectivity index (χ0) is 22.4. The van der Waals surface area contributed by atoms with E-state index in [-0.39, 0.29) is 28.6 Å². The van der Waals surface area contributed by atoms with Crippen LogP contribution in [0.3, 0.4) is 0 Å². The van der Waals surface area contributed by atoms with Gasteiger partial charge in [0.1, 0.15) is 12.4 Å². The van der Waals surface area contributed by atoms with Gasteiger partial charge in [-0.25, -0.2) is 4.39 Å². The number of amides is 2. The Bertz CT molecular complexity index is 996. The van der Waals surface area contributed by atoms with Crippen LogP contribution in [0.25, 0.3) is 6.08 Å². The van der Waals surface area contributed by atoms with E-state index in [1.807, 2.05) is 0 Å². The first-order valence-corrected chi connectivity index (χ1v) is 10.6. The Hall–Kier alpha value is -2.55. The highest BCUT2D eigenvalue weighted by atomic mass is 35.5. The van der Waals surface area contributed by atoms with Crippen LogP contribution in [0.15, 0.2) is 41.3 Å². The molecule has 0 bridgehead atoms. The molecule has 1 fully saturated rings. The Kier molecular flexibility index (Phi) is 7.95. The average molecular weight is 466 g/mol. The molecule has 2 aromatic carbocycles. The number of hydrogen-bond donors (Lipinski definition) is 0. The second-order valence-corrected chi connectivity index (χ2v) is 8.03. The molecule has 0 aliphatic carbocycles. The van der Waals surface area contributed by atoms with Crippen LogP contribution in [0.1, 0.15) is 17.5 Å². The Morgan fingerprint density at radius 3 is 2.58 bits per heavy atom. The number of carbonyl (C=O) groups excluding carboxylic acids is 2. The summed E-state index contributed by atoms with van der Waals surface area (Å²) < 4.78 is 29.2. The van der Waals surface area contributed by atoms with Crippen molar-refractivity contribution in [2.75, 3.05) is 27.4 Å². The van der Waals surface area contributed by atoms with E-state index in [0.29, 0.717) is 41.5 Å². The van der Waals surface area contributed by atoms with Crippen molar-refractivity contribution in [2.45, 2.75) is 13.0 Å². The molecule has 1 saturated heterocycles. The molecule has 0 spiro atoms. The summed E-state index contributed by atoms with van der Waals surface area (Å²) in [6.07, 6.45) is 2.17. The van der Waals surface area contributed by atoms with Crippen molar-refractivity contribution >= 4 is 40.6 Å². The maximum atomic E-state index is 13.1. The third-order valence-corrected chi connectivity index (χ3v) is 5.64. The molecule has 0 atom stereocenters. The zero-order valence-electron chi connectivity index (χ0n) is 17.0. The monoisotopic (exact) mass is 465 g/mol. The van der Waals surface area contributed by atoms with Crippen molar-refractivity contribution in [3.05, 3.63) is 63.3 Å². The number of ether oxygens (including phenoxy) is 3. The summed E-state index contributed by atoms with van der Waals surface area (Å²) >= 11 is 7.27. The average Bonchev–Trinajstić information content (AvgIpc) is 3.01. The van der Waals surface area contributed by atoms with Gasteiger partial charge in [-0.05, 0) is 59.7 Å². The number of rotatable bonds is 9. The molecule has 9 heteroatoms. The smallest absolute Gasteiger partial charge is 0.293 e. The molecular formula is C22H21ClFNO5S. The maximum absolute atomic E-state index is 13.1. The molecule has 164 valence electrons. The third kappa shape index (κ3) is 5.78. The van der Waals surface area contributed by atoms with Gasteiger partial charge in [0.15, 0.2) is 11.5 Å². The minimum absolute atomic E-state index is 0.177. The lowest BCUT2D eigenvalue weighted by atomic mass is 10.1. The van der Waals surface area contributed by atoms with Gasteiger partial charge in [0, 0.05) is 20.3 Å². The predicted molar refractivity (Wildman–Crippen MR) is 118 cm³/mol. The largest absolute Gasteiger partial charge is 0.493 e. The molecule has 0 N–H and O–H groups in total. The van der Waals surface area contributed by atoms with E-state index in [1.165, 1.54) is 24.1 Å². The number of hydrogen-bond acceptors (Lipinski definition) is 6. The van der Waals surface area contributed by atoms with Crippen LogP contribution in [0, 0.1) is 5.82 Å². The molecule has 2 amide bonds. The van der Waals surface area contributed by atoms with Gasteiger partial charge in [-0.15, -0.1) is 0 Å². The number of imide groups is 1. The minimum Gasteiger partial charge on any atom is -0.493 e. The second kappa shape index (κ2) is 10.7. The van der Waals surface area contributed by atoms with Gasteiger partial charge in [0.25, 0.3) is 11.1 Å². The van der Waals surface area contributed by atoms with Gasteiger partial charge in [-0.3, -0.25) is 14.5 Å². The van der Waals surface area contributed by atoms with E-state index in [2.05, 4.69) is 0 Å². The molecule has 1 aliphatic rings. The number of carbonyl (C=O) groups is 2. The molecule has 31 heavy (non-hydrogen) atoms. The van der Waals surface area contributed by atoms with Crippen LogP contribution in [-0.4, -0.2) is 43.4 Å². The van der Waals surface area contributed by atoms with Gasteiger partial charge < -0.3 is 14.2 Å². The number of thioether (sulfide) groups is 1. The van der Waals surface area contributed by atoms with Crippen molar-refractivity contribution in [2.24, 2.45) is 0 Å². The summed E-state index contributed by atoms with van der Waals surface area (Å²) in [6.45, 7) is 0.944. The topological polar surface area (TPSA) is 65.1 Å². The van der Waals surface area contributed by atoms with Crippen LogP contribution >= 0.6 is 23.4 Å². The quantitative estimate of drug-likeness (QED) is 0.377. The normalized spacial score (nSPS) is 15.1. The van der Waals surface area contributed by atoms with Crippen molar-refractivity contribution < 1.29 is 28.2 Å². The fourth-order valence-corrected chi connectivity index (χ4v) is 4.05. The fraction of sp³-hybridized carbons (Fsp3) is 0.273. The molecule has 0 radical (unpaired) electrons. The van der Waals surface area contributed by atoms with Gasteiger partial charge >= 0.3 is 0 Å². The van der Waals surface area contributed by atoms with Gasteiger partial charge in [-0.1, -0.05) is 23.7 Å². The predicted octanol–water partition coefficient (Wildman–Crippen LogP) is 5.14. The fourth-order valence-electron chi connectivity index (χ4n) is 2.91. The summed E-state index contributed by atoms with van der Waals surface area (Å²) in [7, 11) is 3.04. The van der Waals surface area contributed by atoms with Crippen molar-refractivity contribution in [3.8, 4) is 11.5 Å². The summed E-state index contributed by atoms with van der Waals surface area (Å²) in [5.74, 6) is 0.0307. The number of nitrogens with zero attached hydrogens (tertiary/aromatic N) is 1. The maximum Gasteiger partial charge on any atom is 0.293 e. The molecule has 1 heterocycles. The summed E-state index contributed by atoms with van der Waals surface area (Å²) in [4.78, 5) is 26.2. The molecule has 2 aromatic rings. The molecule has 0 saturated carbocycles. The van der Waals surface area contributed by atoms with E-state index in [4.69, 9.17) is 25.8 Å². The Labute approximate surface area is 188 Å². The van der Waals surface area contributed by atoms with Gasteiger partial charge in [0.05, 0.1) is 17.0 Å². The van der Waals surface area contributed by atoms with Crippen molar-refractivity contribution in [1.82, 2.24) is 4.90 Å². The first kappa shape index (κ1) is 23.1. The van der Waals surface area contributed by atoms with Gasteiger partial charge in [0.2, 0.25) is 0 Å². The van der Waals surface area contributed by atoms with E-state index in [1.54, 1.807) is 37.5 Å². The number of halogens is 2. The molecule has 3 rings (SSSR count). The molecule has 1 aliphatic heterocycles. The first-order valence-electron chi connectivity index (χ1n) is 9.42. The molecule has 6 nitrogen and oxygen atoms in total. The van der Waals surface area contributed by atoms with Crippen molar-refractivity contribution in [1.29, 1.82) is 0 Å². The van der Waals surface area contributed by atoms with Crippen LogP contribution in [0.2, 0.25) is 5.02 Å². The first-order chi connectivity index (χ1) is 14.9. The lowest BCUT2D eigenvalue weighted by molar-refractivity contribution is -0.122. The standard InChI is InChI=1S/C22H21ClFNO5S/c1-28-9-3-8-25-21(26)19(31-22(25)27)12-15-10-17(23)20(18(11-15)29-2)30-13-14-4-6-16(24)7-5-14/h4-7,10-12H,3,8-9,13H2,1-2H3/b19-12+.